The van der Waals surface area contributed by atoms with E-state index in [0.717, 1.165) is 24.3 Å². The van der Waals surface area contributed by atoms with Gasteiger partial charge in [-0.15, -0.1) is 11.8 Å². The number of benzene rings is 1. The molecular formula is C18H25N5O2S. The van der Waals surface area contributed by atoms with Crippen LogP contribution in [0.1, 0.15) is 5.56 Å². The second kappa shape index (κ2) is 9.98. The lowest BCUT2D eigenvalue weighted by Gasteiger charge is -2.08. The molecule has 1 heterocycles. The van der Waals surface area contributed by atoms with Gasteiger partial charge in [-0.2, -0.15) is 5.10 Å². The van der Waals surface area contributed by atoms with Crippen LogP contribution in [0.4, 0.5) is 11.4 Å². The Morgan fingerprint density at radius 2 is 1.85 bits per heavy atom. The Labute approximate surface area is 158 Å². The summed E-state index contributed by atoms with van der Waals surface area (Å²) in [6.07, 6.45) is 3.43. The van der Waals surface area contributed by atoms with Crippen molar-refractivity contribution < 1.29 is 9.59 Å². The molecule has 0 fully saturated rings. The van der Waals surface area contributed by atoms with Gasteiger partial charge in [0.1, 0.15) is 0 Å². The van der Waals surface area contributed by atoms with Crippen molar-refractivity contribution in [3.8, 4) is 0 Å². The molecule has 2 aromatic rings. The van der Waals surface area contributed by atoms with Gasteiger partial charge in [-0.1, -0.05) is 12.1 Å². The molecule has 2 amide bonds. The van der Waals surface area contributed by atoms with Gasteiger partial charge in [-0.05, 0) is 38.7 Å². The summed E-state index contributed by atoms with van der Waals surface area (Å²) in [5, 5.41) is 9.82. The molecule has 0 radical (unpaired) electrons. The Balaban J connectivity index is 1.67. The van der Waals surface area contributed by atoms with Crippen molar-refractivity contribution in [2.45, 2.75) is 13.5 Å². The van der Waals surface area contributed by atoms with Crippen LogP contribution in [0.5, 0.6) is 0 Å². The first-order chi connectivity index (χ1) is 12.4. The van der Waals surface area contributed by atoms with E-state index in [1.165, 1.54) is 11.8 Å². The highest BCUT2D eigenvalue weighted by Gasteiger charge is 2.08. The lowest BCUT2D eigenvalue weighted by Crippen LogP contribution is -2.19. The number of hydrogen-bond donors (Lipinski definition) is 2. The largest absolute Gasteiger partial charge is 0.325 e. The predicted octanol–water partition coefficient (Wildman–Crippen LogP) is 2.06. The molecule has 0 aliphatic heterocycles. The number of hydrogen-bond acceptors (Lipinski definition) is 5. The second-order valence-corrected chi connectivity index (χ2v) is 7.24. The first-order valence-electron chi connectivity index (χ1n) is 8.33. The van der Waals surface area contributed by atoms with Crippen LogP contribution in [0, 0.1) is 6.92 Å². The van der Waals surface area contributed by atoms with Crippen molar-refractivity contribution in [2.24, 2.45) is 0 Å². The first-order valence-corrected chi connectivity index (χ1v) is 9.49. The van der Waals surface area contributed by atoms with E-state index < -0.39 is 0 Å². The average Bonchev–Trinajstić information content (AvgIpc) is 3.00. The molecule has 0 bridgehead atoms. The van der Waals surface area contributed by atoms with E-state index in [2.05, 4.69) is 20.6 Å². The average molecular weight is 375 g/mol. The summed E-state index contributed by atoms with van der Waals surface area (Å²) in [5.74, 6) is 0.170. The number of carbonyl (C=O) groups excluding carboxylic acids is 2. The van der Waals surface area contributed by atoms with Gasteiger partial charge >= 0.3 is 0 Å². The summed E-state index contributed by atoms with van der Waals surface area (Å²) in [6, 6.07) is 7.61. The Hall–Kier alpha value is -2.32. The molecule has 2 N–H and O–H groups in total. The standard InChI is InChI=1S/C18H25N5O2S/c1-14-5-4-6-15(9-14)20-17(24)12-26-13-18(25)21-16-10-19-23(11-16)8-7-22(2)3/h4-6,9-11H,7-8,12-13H2,1-3H3,(H,20,24)(H,21,25). The van der Waals surface area contributed by atoms with Crippen molar-refractivity contribution in [2.75, 3.05) is 42.8 Å². The lowest BCUT2D eigenvalue weighted by molar-refractivity contribution is -0.114. The van der Waals surface area contributed by atoms with E-state index in [-0.39, 0.29) is 23.3 Å². The summed E-state index contributed by atoms with van der Waals surface area (Å²) in [7, 11) is 4.00. The van der Waals surface area contributed by atoms with E-state index in [1.807, 2.05) is 45.3 Å². The number of nitrogens with one attached hydrogen (secondary N) is 2. The van der Waals surface area contributed by atoms with Gasteiger partial charge in [-0.25, -0.2) is 0 Å². The monoisotopic (exact) mass is 375 g/mol. The molecule has 7 nitrogen and oxygen atoms in total. The third kappa shape index (κ3) is 7.28. The van der Waals surface area contributed by atoms with E-state index in [1.54, 1.807) is 17.1 Å². The molecule has 8 heteroatoms. The zero-order valence-electron chi connectivity index (χ0n) is 15.4. The topological polar surface area (TPSA) is 79.3 Å². The third-order valence-corrected chi connectivity index (χ3v) is 4.39. The number of aryl methyl sites for hydroxylation is 1. The number of likely N-dealkylation sites (N-methyl/N-ethyl adjacent to an activating group) is 1. The number of nitrogens with zero attached hydrogens (tertiary/aromatic N) is 3. The van der Waals surface area contributed by atoms with Crippen molar-refractivity contribution in [1.82, 2.24) is 14.7 Å². The Morgan fingerprint density at radius 1 is 1.15 bits per heavy atom. The quantitative estimate of drug-likeness (QED) is 0.701. The fourth-order valence-corrected chi connectivity index (χ4v) is 2.82. The molecule has 2 rings (SSSR count). The minimum Gasteiger partial charge on any atom is -0.325 e. The van der Waals surface area contributed by atoms with E-state index >= 15 is 0 Å². The number of anilines is 2. The number of amides is 2. The summed E-state index contributed by atoms with van der Waals surface area (Å²) in [6.45, 7) is 3.61. The maximum atomic E-state index is 12.0. The van der Waals surface area contributed by atoms with Crippen LogP contribution in [0.15, 0.2) is 36.7 Å². The molecule has 26 heavy (non-hydrogen) atoms. The molecule has 0 spiro atoms. The summed E-state index contributed by atoms with van der Waals surface area (Å²) in [5.41, 5.74) is 2.52. The van der Waals surface area contributed by atoms with E-state index in [4.69, 9.17) is 0 Å². The lowest BCUT2D eigenvalue weighted by atomic mass is 10.2. The summed E-state index contributed by atoms with van der Waals surface area (Å²) in [4.78, 5) is 25.9. The van der Waals surface area contributed by atoms with Crippen LogP contribution in [0.2, 0.25) is 0 Å². The normalized spacial score (nSPS) is 10.8. The van der Waals surface area contributed by atoms with Crippen molar-refractivity contribution in [3.63, 3.8) is 0 Å². The van der Waals surface area contributed by atoms with Gasteiger partial charge in [0.2, 0.25) is 11.8 Å². The maximum absolute atomic E-state index is 12.0. The highest BCUT2D eigenvalue weighted by atomic mass is 32.2. The van der Waals surface area contributed by atoms with Crippen LogP contribution in [-0.2, 0) is 16.1 Å². The zero-order chi connectivity index (χ0) is 18.9. The van der Waals surface area contributed by atoms with Gasteiger partial charge in [0, 0.05) is 18.4 Å². The van der Waals surface area contributed by atoms with E-state index in [0.29, 0.717) is 5.69 Å². The minimum atomic E-state index is -0.148. The summed E-state index contributed by atoms with van der Waals surface area (Å²) >= 11 is 1.28. The van der Waals surface area contributed by atoms with Gasteiger partial charge in [-0.3, -0.25) is 14.3 Å². The predicted molar refractivity (Wildman–Crippen MR) is 107 cm³/mol. The molecule has 140 valence electrons. The third-order valence-electron chi connectivity index (χ3n) is 3.46. The van der Waals surface area contributed by atoms with Crippen molar-refractivity contribution in [1.29, 1.82) is 0 Å². The molecule has 0 saturated carbocycles. The Morgan fingerprint density at radius 3 is 2.50 bits per heavy atom. The molecule has 0 aliphatic rings. The highest BCUT2D eigenvalue weighted by molar-refractivity contribution is 8.00. The summed E-state index contributed by atoms with van der Waals surface area (Å²) < 4.78 is 1.79. The molecular weight excluding hydrogens is 350 g/mol. The Kier molecular flexibility index (Phi) is 7.68. The van der Waals surface area contributed by atoms with Crippen LogP contribution in [-0.4, -0.2) is 58.6 Å². The number of aromatic nitrogens is 2. The maximum Gasteiger partial charge on any atom is 0.234 e. The SMILES string of the molecule is Cc1cccc(NC(=O)CSCC(=O)Nc2cnn(CCN(C)C)c2)c1. The highest BCUT2D eigenvalue weighted by Crippen LogP contribution is 2.11. The molecule has 0 aliphatic carbocycles. The van der Waals surface area contributed by atoms with Crippen LogP contribution < -0.4 is 10.6 Å². The number of thioether (sulfide) groups is 1. The molecule has 0 atom stereocenters. The molecule has 0 unspecified atom stereocenters. The van der Waals surface area contributed by atoms with E-state index in [9.17, 15) is 9.59 Å². The van der Waals surface area contributed by atoms with Crippen LogP contribution in [0.25, 0.3) is 0 Å². The first kappa shape index (κ1) is 20.0. The Bertz CT molecular complexity index is 745. The smallest absolute Gasteiger partial charge is 0.234 e. The molecule has 0 saturated heterocycles. The minimum absolute atomic E-state index is 0.120. The fraction of sp³-hybridized carbons (Fsp3) is 0.389. The van der Waals surface area contributed by atoms with Crippen molar-refractivity contribution >= 4 is 35.0 Å². The van der Waals surface area contributed by atoms with Gasteiger partial charge in [0.25, 0.3) is 0 Å². The zero-order valence-corrected chi connectivity index (χ0v) is 16.2. The molecule has 1 aromatic heterocycles. The van der Waals surface area contributed by atoms with Crippen LogP contribution in [0.3, 0.4) is 0 Å². The van der Waals surface area contributed by atoms with Crippen molar-refractivity contribution in [3.05, 3.63) is 42.2 Å². The number of rotatable bonds is 9. The van der Waals surface area contributed by atoms with Gasteiger partial charge in [0.05, 0.1) is 29.9 Å². The van der Waals surface area contributed by atoms with Gasteiger partial charge in [0.15, 0.2) is 0 Å². The van der Waals surface area contributed by atoms with Gasteiger partial charge < -0.3 is 15.5 Å². The molecule has 1 aromatic carbocycles. The number of carbonyl (C=O) groups is 2. The fourth-order valence-electron chi connectivity index (χ4n) is 2.21. The second-order valence-electron chi connectivity index (χ2n) is 6.25. The van der Waals surface area contributed by atoms with Crippen LogP contribution >= 0.6 is 11.8 Å².